The van der Waals surface area contributed by atoms with Gasteiger partial charge in [-0.05, 0) is 38.0 Å². The molecule has 1 aromatic carbocycles. The summed E-state index contributed by atoms with van der Waals surface area (Å²) < 4.78 is 5.59. The van der Waals surface area contributed by atoms with E-state index in [-0.39, 0.29) is 5.91 Å². The fraction of sp³-hybridized carbons (Fsp3) is 0.562. The summed E-state index contributed by atoms with van der Waals surface area (Å²) in [5.41, 5.74) is 2.03. The molecule has 0 aromatic heterocycles. The molecule has 5 nitrogen and oxygen atoms in total. The predicted octanol–water partition coefficient (Wildman–Crippen LogP) is 1.24. The largest absolute Gasteiger partial charge is 0.479 e. The average Bonchev–Trinajstić information content (AvgIpc) is 2.49. The summed E-state index contributed by atoms with van der Waals surface area (Å²) in [6.45, 7) is 8.36. The number of carbonyl (C=O) groups excluding carboxylic acids is 1. The summed E-state index contributed by atoms with van der Waals surface area (Å²) in [6, 6.07) is 6.61. The highest BCUT2D eigenvalue weighted by Crippen LogP contribution is 2.31. The first kappa shape index (κ1) is 14.4. The van der Waals surface area contributed by atoms with Crippen molar-refractivity contribution in [1.29, 1.82) is 0 Å². The molecule has 2 heterocycles. The van der Waals surface area contributed by atoms with E-state index in [4.69, 9.17) is 4.74 Å². The summed E-state index contributed by atoms with van der Waals surface area (Å²) in [5.74, 6) is 0.690. The molecule has 0 saturated carbocycles. The quantitative estimate of drug-likeness (QED) is 0.879. The van der Waals surface area contributed by atoms with Gasteiger partial charge in [0.25, 0.3) is 5.91 Å². The number of benzene rings is 1. The van der Waals surface area contributed by atoms with E-state index in [2.05, 4.69) is 28.5 Å². The Kier molecular flexibility index (Phi) is 4.12. The van der Waals surface area contributed by atoms with Crippen LogP contribution in [0.3, 0.4) is 0 Å². The van der Waals surface area contributed by atoms with Crippen molar-refractivity contribution in [3.8, 4) is 5.75 Å². The first-order valence-electron chi connectivity index (χ1n) is 7.68. The van der Waals surface area contributed by atoms with Gasteiger partial charge in [0.15, 0.2) is 6.10 Å². The van der Waals surface area contributed by atoms with Crippen LogP contribution in [0.2, 0.25) is 0 Å². The van der Waals surface area contributed by atoms with Crippen LogP contribution < -0.4 is 15.4 Å². The second-order valence-electron chi connectivity index (χ2n) is 5.92. The van der Waals surface area contributed by atoms with Crippen LogP contribution in [-0.4, -0.2) is 49.1 Å². The van der Waals surface area contributed by atoms with Crippen LogP contribution in [0, 0.1) is 0 Å². The molecule has 1 aromatic rings. The number of carbonyl (C=O) groups is 1. The van der Waals surface area contributed by atoms with E-state index < -0.39 is 6.10 Å². The minimum absolute atomic E-state index is 0.0743. The van der Waals surface area contributed by atoms with Crippen molar-refractivity contribution in [2.24, 2.45) is 0 Å². The molecular weight excluding hydrogens is 266 g/mol. The Hall–Kier alpha value is -1.59. The Bertz CT molecular complexity index is 526. The van der Waals surface area contributed by atoms with Crippen molar-refractivity contribution in [3.05, 3.63) is 23.8 Å². The molecule has 2 aliphatic heterocycles. The molecule has 2 aliphatic rings. The van der Waals surface area contributed by atoms with Crippen LogP contribution in [0.5, 0.6) is 5.75 Å². The van der Waals surface area contributed by atoms with Crippen molar-refractivity contribution < 1.29 is 9.53 Å². The molecule has 1 amide bonds. The molecule has 2 N–H and O–H groups in total. The molecule has 2 atom stereocenters. The minimum atomic E-state index is -0.414. The van der Waals surface area contributed by atoms with E-state index in [9.17, 15) is 4.79 Å². The van der Waals surface area contributed by atoms with Crippen molar-refractivity contribution in [2.45, 2.75) is 32.4 Å². The fourth-order valence-corrected chi connectivity index (χ4v) is 2.98. The highest BCUT2D eigenvalue weighted by molar-refractivity contribution is 5.97. The number of piperazine rings is 1. The number of rotatable bonds is 3. The van der Waals surface area contributed by atoms with Gasteiger partial charge in [-0.1, -0.05) is 6.07 Å². The molecule has 0 spiro atoms. The number of hydrogen-bond donors (Lipinski definition) is 2. The number of nitrogens with zero attached hydrogens (tertiary/aromatic N) is 1. The lowest BCUT2D eigenvalue weighted by atomic mass is 10.0. The number of amides is 1. The SMILES string of the molecule is CC1Oc2ccc(CC(C)N3CCNCC3)cc2NC1=O. The standard InChI is InChI=1S/C16H23N3O2/c1-11(19-7-5-17-6-8-19)9-13-3-4-15-14(10-13)18-16(20)12(2)21-15/h3-4,10-12,17H,5-9H2,1-2H3,(H,18,20). The second kappa shape index (κ2) is 6.03. The highest BCUT2D eigenvalue weighted by atomic mass is 16.5. The lowest BCUT2D eigenvalue weighted by Gasteiger charge is -2.33. The van der Waals surface area contributed by atoms with Crippen LogP contribution in [-0.2, 0) is 11.2 Å². The van der Waals surface area contributed by atoms with Gasteiger partial charge in [0.2, 0.25) is 0 Å². The molecule has 21 heavy (non-hydrogen) atoms. The van der Waals surface area contributed by atoms with Gasteiger partial charge in [0.1, 0.15) is 5.75 Å². The maximum Gasteiger partial charge on any atom is 0.265 e. The lowest BCUT2D eigenvalue weighted by Crippen LogP contribution is -2.48. The molecule has 3 rings (SSSR count). The van der Waals surface area contributed by atoms with Gasteiger partial charge in [-0.2, -0.15) is 0 Å². The third-order valence-corrected chi connectivity index (χ3v) is 4.28. The first-order chi connectivity index (χ1) is 10.1. The highest BCUT2D eigenvalue weighted by Gasteiger charge is 2.24. The van der Waals surface area contributed by atoms with Crippen LogP contribution in [0.4, 0.5) is 5.69 Å². The number of ether oxygens (including phenoxy) is 1. The number of hydrogen-bond acceptors (Lipinski definition) is 4. The normalized spacial score (nSPS) is 23.9. The molecular formula is C16H23N3O2. The summed E-state index contributed by atoms with van der Waals surface area (Å²) in [7, 11) is 0. The molecule has 0 radical (unpaired) electrons. The van der Waals surface area contributed by atoms with Gasteiger partial charge in [-0.25, -0.2) is 0 Å². The van der Waals surface area contributed by atoms with E-state index in [0.717, 1.165) is 44.0 Å². The van der Waals surface area contributed by atoms with Crippen LogP contribution in [0.25, 0.3) is 0 Å². The minimum Gasteiger partial charge on any atom is -0.479 e. The third kappa shape index (κ3) is 3.19. The van der Waals surface area contributed by atoms with E-state index in [0.29, 0.717) is 6.04 Å². The van der Waals surface area contributed by atoms with Gasteiger partial charge in [0, 0.05) is 32.2 Å². The Morgan fingerprint density at radius 1 is 1.38 bits per heavy atom. The van der Waals surface area contributed by atoms with Gasteiger partial charge in [-0.3, -0.25) is 9.69 Å². The Morgan fingerprint density at radius 2 is 2.14 bits per heavy atom. The Morgan fingerprint density at radius 3 is 2.90 bits per heavy atom. The lowest BCUT2D eigenvalue weighted by molar-refractivity contribution is -0.122. The van der Waals surface area contributed by atoms with Crippen molar-refractivity contribution in [1.82, 2.24) is 10.2 Å². The van der Waals surface area contributed by atoms with Crippen molar-refractivity contribution >= 4 is 11.6 Å². The Labute approximate surface area is 125 Å². The third-order valence-electron chi connectivity index (χ3n) is 4.28. The van der Waals surface area contributed by atoms with E-state index >= 15 is 0 Å². The second-order valence-corrected chi connectivity index (χ2v) is 5.92. The molecule has 0 aliphatic carbocycles. The topological polar surface area (TPSA) is 53.6 Å². The molecule has 1 fully saturated rings. The molecule has 114 valence electrons. The maximum absolute atomic E-state index is 11.7. The average molecular weight is 289 g/mol. The van der Waals surface area contributed by atoms with Gasteiger partial charge < -0.3 is 15.4 Å². The monoisotopic (exact) mass is 289 g/mol. The van der Waals surface area contributed by atoms with E-state index in [1.807, 2.05) is 12.1 Å². The molecule has 1 saturated heterocycles. The zero-order valence-electron chi connectivity index (χ0n) is 12.7. The summed E-state index contributed by atoms with van der Waals surface area (Å²) >= 11 is 0. The maximum atomic E-state index is 11.7. The predicted molar refractivity (Wildman–Crippen MR) is 82.8 cm³/mol. The summed E-state index contributed by atoms with van der Waals surface area (Å²) in [5, 5.41) is 6.29. The zero-order valence-corrected chi connectivity index (χ0v) is 12.7. The molecule has 2 unspecified atom stereocenters. The fourth-order valence-electron chi connectivity index (χ4n) is 2.98. The van der Waals surface area contributed by atoms with Gasteiger partial charge in [-0.15, -0.1) is 0 Å². The van der Waals surface area contributed by atoms with E-state index in [1.54, 1.807) is 6.92 Å². The number of fused-ring (bicyclic) bond motifs is 1. The van der Waals surface area contributed by atoms with Crippen LogP contribution >= 0.6 is 0 Å². The van der Waals surface area contributed by atoms with Crippen molar-refractivity contribution in [3.63, 3.8) is 0 Å². The smallest absolute Gasteiger partial charge is 0.265 e. The summed E-state index contributed by atoms with van der Waals surface area (Å²) in [4.78, 5) is 14.2. The van der Waals surface area contributed by atoms with Crippen molar-refractivity contribution in [2.75, 3.05) is 31.5 Å². The zero-order chi connectivity index (χ0) is 14.8. The van der Waals surface area contributed by atoms with Gasteiger partial charge >= 0.3 is 0 Å². The van der Waals surface area contributed by atoms with Crippen LogP contribution in [0.15, 0.2) is 18.2 Å². The first-order valence-corrected chi connectivity index (χ1v) is 7.68. The molecule has 0 bridgehead atoms. The molecule has 5 heteroatoms. The summed E-state index contributed by atoms with van der Waals surface area (Å²) in [6.07, 6.45) is 0.571. The number of anilines is 1. The van der Waals surface area contributed by atoms with Crippen LogP contribution in [0.1, 0.15) is 19.4 Å². The van der Waals surface area contributed by atoms with Gasteiger partial charge in [0.05, 0.1) is 5.69 Å². The number of nitrogens with one attached hydrogen (secondary N) is 2. The van der Waals surface area contributed by atoms with E-state index in [1.165, 1.54) is 5.56 Å². The Balaban J connectivity index is 1.69.